The van der Waals surface area contributed by atoms with Crippen molar-refractivity contribution in [2.45, 2.75) is 200 Å². The molecule has 0 heterocycles. The average Bonchev–Trinajstić information content (AvgIpc) is 3.39. The molecular weight excluding hydrogens is 952 g/mol. The maximum absolute atomic E-state index is 12.9. The summed E-state index contributed by atoms with van der Waals surface area (Å²) in [6.45, 7) is 4.18. The Bertz CT molecular complexity index is 1800. The second-order valence-corrected chi connectivity index (χ2v) is 19.1. The molecule has 2 N–H and O–H groups in total. The van der Waals surface area contributed by atoms with E-state index in [9.17, 15) is 28.9 Å². The molecule has 11 nitrogen and oxygen atoms in total. The Morgan fingerprint density at radius 3 is 1.20 bits per heavy atom. The average molecular weight is 1050 g/mol. The molecule has 0 bridgehead atoms. The highest BCUT2D eigenvalue weighted by Crippen LogP contribution is 2.43. The Kier molecular flexibility index (Phi) is 51.2. The van der Waals surface area contributed by atoms with Gasteiger partial charge in [0.2, 0.25) is 0 Å². The van der Waals surface area contributed by atoms with Gasteiger partial charge in [0, 0.05) is 19.3 Å². The SMILES string of the molecule is CC/C=C\C/C=C\C/C=C\C/C=C\C/C=C\C/C=C\CCC(=O)OCC(COP(=O)(O)OCC(CO)OC(=O)CCCCCCC/C=C\CCCC)OC(=O)CCC/C=C\C/C=C\C/C=C\C/C=C\C/C=C\CC. The summed E-state index contributed by atoms with van der Waals surface area (Å²) < 4.78 is 39.3. The van der Waals surface area contributed by atoms with Crippen LogP contribution in [0.5, 0.6) is 0 Å². The smallest absolute Gasteiger partial charge is 0.462 e. The van der Waals surface area contributed by atoms with Crippen molar-refractivity contribution in [2.75, 3.05) is 26.4 Å². The molecule has 74 heavy (non-hydrogen) atoms. The maximum Gasteiger partial charge on any atom is 0.472 e. The topological polar surface area (TPSA) is 155 Å². The minimum absolute atomic E-state index is 0.0645. The third-order valence-electron chi connectivity index (χ3n) is 10.7. The first-order valence-corrected chi connectivity index (χ1v) is 29.2. The molecule has 416 valence electrons. The first-order valence-electron chi connectivity index (χ1n) is 27.7. The van der Waals surface area contributed by atoms with Crippen LogP contribution in [0.3, 0.4) is 0 Å². The number of carbonyl (C=O) groups excluding carboxylic acids is 3. The zero-order valence-electron chi connectivity index (χ0n) is 45.7. The second-order valence-electron chi connectivity index (χ2n) is 17.6. The number of phosphoric ester groups is 1. The van der Waals surface area contributed by atoms with E-state index < -0.39 is 64.4 Å². The van der Waals surface area contributed by atoms with E-state index >= 15 is 0 Å². The van der Waals surface area contributed by atoms with Crippen LogP contribution in [-0.4, -0.2) is 66.5 Å². The highest BCUT2D eigenvalue weighted by molar-refractivity contribution is 7.47. The third kappa shape index (κ3) is 52.2. The molecule has 0 amide bonds. The third-order valence-corrected chi connectivity index (χ3v) is 11.7. The van der Waals surface area contributed by atoms with Gasteiger partial charge in [0.1, 0.15) is 12.7 Å². The first kappa shape index (κ1) is 69.4. The van der Waals surface area contributed by atoms with Gasteiger partial charge >= 0.3 is 25.7 Å². The molecule has 0 aromatic carbocycles. The lowest BCUT2D eigenvalue weighted by atomic mass is 10.1. The molecule has 0 rings (SSSR count). The van der Waals surface area contributed by atoms with Crippen molar-refractivity contribution >= 4 is 25.7 Å². The number of hydrogen-bond donors (Lipinski definition) is 2. The molecule has 3 atom stereocenters. The Balaban J connectivity index is 4.97. The van der Waals surface area contributed by atoms with E-state index in [4.69, 9.17) is 23.3 Å². The number of phosphoric acid groups is 1. The minimum Gasteiger partial charge on any atom is -0.462 e. The summed E-state index contributed by atoms with van der Waals surface area (Å²) >= 11 is 0. The fraction of sp³-hybridized carbons (Fsp3) is 0.565. The lowest BCUT2D eigenvalue weighted by Crippen LogP contribution is -2.30. The molecule has 0 fully saturated rings. The zero-order chi connectivity index (χ0) is 54.1. The van der Waals surface area contributed by atoms with Crippen molar-refractivity contribution in [1.82, 2.24) is 0 Å². The van der Waals surface area contributed by atoms with Crippen LogP contribution in [0.15, 0.2) is 146 Å². The normalized spacial score (nSPS) is 14.5. The van der Waals surface area contributed by atoms with Gasteiger partial charge in [-0.25, -0.2) is 4.57 Å². The van der Waals surface area contributed by atoms with Gasteiger partial charge in [0.25, 0.3) is 0 Å². The number of carbonyl (C=O) groups is 3. The van der Waals surface area contributed by atoms with Crippen LogP contribution in [0.1, 0.15) is 188 Å². The highest BCUT2D eigenvalue weighted by atomic mass is 31.2. The second kappa shape index (κ2) is 54.6. The van der Waals surface area contributed by atoms with Crippen molar-refractivity contribution in [3.8, 4) is 0 Å². The molecule has 0 saturated carbocycles. The fourth-order valence-corrected chi connectivity index (χ4v) is 7.36. The number of aliphatic hydroxyl groups excluding tert-OH is 1. The summed E-state index contributed by atoms with van der Waals surface area (Å²) in [4.78, 5) is 48.4. The van der Waals surface area contributed by atoms with E-state index in [1.807, 2.05) is 24.3 Å². The van der Waals surface area contributed by atoms with Crippen LogP contribution in [0.4, 0.5) is 0 Å². The zero-order valence-corrected chi connectivity index (χ0v) is 46.6. The molecule has 3 unspecified atom stereocenters. The van der Waals surface area contributed by atoms with Crippen molar-refractivity contribution < 1.29 is 52.2 Å². The van der Waals surface area contributed by atoms with Gasteiger partial charge in [0.05, 0.1) is 19.8 Å². The number of rotatable bonds is 49. The number of ether oxygens (including phenoxy) is 3. The Morgan fingerprint density at radius 1 is 0.392 bits per heavy atom. The molecule has 0 aliphatic rings. The molecule has 0 radical (unpaired) electrons. The van der Waals surface area contributed by atoms with E-state index in [1.165, 1.54) is 12.8 Å². The number of aliphatic hydroxyl groups is 1. The number of esters is 3. The van der Waals surface area contributed by atoms with Gasteiger partial charge in [-0.15, -0.1) is 0 Å². The predicted molar refractivity (Wildman–Crippen MR) is 306 cm³/mol. The van der Waals surface area contributed by atoms with E-state index in [0.29, 0.717) is 25.7 Å². The summed E-state index contributed by atoms with van der Waals surface area (Å²) in [5.41, 5.74) is 0. The molecule has 0 aromatic rings. The lowest BCUT2D eigenvalue weighted by Gasteiger charge is -2.21. The van der Waals surface area contributed by atoms with Gasteiger partial charge < -0.3 is 24.2 Å². The van der Waals surface area contributed by atoms with Crippen LogP contribution in [-0.2, 0) is 42.2 Å². The summed E-state index contributed by atoms with van der Waals surface area (Å²) in [5.74, 6) is -1.67. The number of allylic oxidation sites excluding steroid dienone is 24. The van der Waals surface area contributed by atoms with E-state index in [2.05, 4.69) is 142 Å². The van der Waals surface area contributed by atoms with Crippen LogP contribution in [0.2, 0.25) is 0 Å². The lowest BCUT2D eigenvalue weighted by molar-refractivity contribution is -0.161. The maximum atomic E-state index is 12.9. The molecule has 0 aromatic heterocycles. The molecule has 0 saturated heterocycles. The fourth-order valence-electron chi connectivity index (χ4n) is 6.57. The van der Waals surface area contributed by atoms with E-state index in [1.54, 1.807) is 0 Å². The highest BCUT2D eigenvalue weighted by Gasteiger charge is 2.28. The van der Waals surface area contributed by atoms with Crippen LogP contribution >= 0.6 is 7.82 Å². The predicted octanol–water partition coefficient (Wildman–Crippen LogP) is 16.4. The monoisotopic (exact) mass is 1050 g/mol. The summed E-state index contributed by atoms with van der Waals surface area (Å²) in [7, 11) is -4.79. The summed E-state index contributed by atoms with van der Waals surface area (Å²) in [6, 6.07) is 0. The van der Waals surface area contributed by atoms with E-state index in [-0.39, 0.29) is 19.3 Å². The standard InChI is InChI=1S/C62H97O11P/c1-4-7-10-13-16-19-22-24-26-28-29-31-32-34-37-39-42-45-48-51-60(64)69-55-59(73-62(66)53-50-47-44-41-38-35-33-30-27-25-23-20-17-14-11-8-5-2)57-71-74(67,68)70-56-58(54-63)72-61(65)52-49-46-43-40-36-21-18-15-12-9-6-3/h7-8,10-11,15-20,24-27,29,31,33-35,37,41-42,44-45,58-59,63H,4-6,9,12-14,21-23,28,30,32,36,38-40,43,46-57H2,1-3H3,(H,67,68)/b10-7-,11-8-,18-15-,19-16-,20-17-,26-24-,27-25-,31-29-,35-33-,37-34-,44-41-,45-42-. The van der Waals surface area contributed by atoms with Gasteiger partial charge in [-0.05, 0) is 116 Å². The number of unbranched alkanes of at least 4 members (excludes halogenated alkanes) is 8. The van der Waals surface area contributed by atoms with Crippen LogP contribution in [0, 0.1) is 0 Å². The summed E-state index contributed by atoms with van der Waals surface area (Å²) in [6.07, 6.45) is 69.8. The van der Waals surface area contributed by atoms with Crippen molar-refractivity contribution in [2.24, 2.45) is 0 Å². The van der Waals surface area contributed by atoms with Gasteiger partial charge in [0.15, 0.2) is 6.10 Å². The quantitative estimate of drug-likeness (QED) is 0.0197. The summed E-state index contributed by atoms with van der Waals surface area (Å²) in [5, 5.41) is 9.78. The van der Waals surface area contributed by atoms with Gasteiger partial charge in [-0.3, -0.25) is 23.4 Å². The first-order chi connectivity index (χ1) is 36.2. The minimum atomic E-state index is -4.79. The molecule has 0 aliphatic heterocycles. The van der Waals surface area contributed by atoms with Crippen molar-refractivity contribution in [3.63, 3.8) is 0 Å². The Morgan fingerprint density at radius 2 is 0.743 bits per heavy atom. The molecule has 0 aliphatic carbocycles. The Labute approximate surface area is 448 Å². The van der Waals surface area contributed by atoms with Gasteiger partial charge in [-0.1, -0.05) is 199 Å². The van der Waals surface area contributed by atoms with Crippen LogP contribution in [0.25, 0.3) is 0 Å². The van der Waals surface area contributed by atoms with Crippen LogP contribution < -0.4 is 0 Å². The van der Waals surface area contributed by atoms with E-state index in [0.717, 1.165) is 109 Å². The molecular formula is C62H97O11P. The molecule has 0 spiro atoms. The number of hydrogen-bond acceptors (Lipinski definition) is 10. The molecule has 12 heteroatoms. The Hall–Kier alpha value is -4.64. The largest absolute Gasteiger partial charge is 0.472 e. The van der Waals surface area contributed by atoms with Gasteiger partial charge in [-0.2, -0.15) is 0 Å². The van der Waals surface area contributed by atoms with Crippen molar-refractivity contribution in [1.29, 1.82) is 0 Å². The van der Waals surface area contributed by atoms with Crippen molar-refractivity contribution in [3.05, 3.63) is 146 Å².